The van der Waals surface area contributed by atoms with Crippen LogP contribution in [0.4, 0.5) is 0 Å². The second kappa shape index (κ2) is 57.8. The number of carbonyl (C=O) groups excluding carboxylic acids is 2. The maximum absolute atomic E-state index is 12.8. The van der Waals surface area contributed by atoms with E-state index in [4.69, 9.17) is 18.5 Å². The summed E-state index contributed by atoms with van der Waals surface area (Å²) in [6.07, 6.45) is 83.9. The molecule has 0 aliphatic carbocycles. The number of likely N-dealkylation sites (N-methyl/N-ethyl adjacent to an activating group) is 1. The van der Waals surface area contributed by atoms with Gasteiger partial charge in [0.2, 0.25) is 0 Å². The zero-order valence-corrected chi connectivity index (χ0v) is 51.2. The minimum Gasteiger partial charge on any atom is -0.462 e. The van der Waals surface area contributed by atoms with Gasteiger partial charge < -0.3 is 18.9 Å². The van der Waals surface area contributed by atoms with Gasteiger partial charge in [-0.15, -0.1) is 0 Å². The topological polar surface area (TPSA) is 108 Å². The lowest BCUT2D eigenvalue weighted by Crippen LogP contribution is -2.37. The minimum atomic E-state index is -4.41. The Morgan fingerprint density at radius 2 is 0.744 bits per heavy atom. The molecular formula is C68H115NO8P+. The average molecular weight is 1110 g/mol. The van der Waals surface area contributed by atoms with Gasteiger partial charge in [-0.05, 0) is 109 Å². The van der Waals surface area contributed by atoms with E-state index in [0.717, 1.165) is 83.5 Å². The number of hydrogen-bond acceptors (Lipinski definition) is 7. The van der Waals surface area contributed by atoms with Crippen molar-refractivity contribution < 1.29 is 42.1 Å². The molecule has 0 aromatic rings. The lowest BCUT2D eigenvalue weighted by Gasteiger charge is -2.24. The summed E-state index contributed by atoms with van der Waals surface area (Å²) < 4.78 is 34.5. The largest absolute Gasteiger partial charge is 0.472 e. The molecule has 0 saturated carbocycles. The first-order valence-corrected chi connectivity index (χ1v) is 32.4. The minimum absolute atomic E-state index is 0.0135. The van der Waals surface area contributed by atoms with Crippen molar-refractivity contribution in [1.29, 1.82) is 0 Å². The molecule has 0 aromatic carbocycles. The van der Waals surface area contributed by atoms with Gasteiger partial charge in [-0.1, -0.05) is 244 Å². The van der Waals surface area contributed by atoms with Crippen LogP contribution < -0.4 is 0 Å². The number of rotatable bonds is 55. The molecule has 0 spiro atoms. The van der Waals surface area contributed by atoms with E-state index in [9.17, 15) is 19.0 Å². The molecule has 2 atom stereocenters. The van der Waals surface area contributed by atoms with Crippen LogP contribution >= 0.6 is 7.82 Å². The molecule has 0 heterocycles. The normalized spacial score (nSPS) is 14.2. The first-order valence-electron chi connectivity index (χ1n) is 30.9. The number of ether oxygens (including phenoxy) is 2. The zero-order chi connectivity index (χ0) is 57.0. The third kappa shape index (κ3) is 61.4. The maximum Gasteiger partial charge on any atom is 0.472 e. The molecule has 0 fully saturated rings. The van der Waals surface area contributed by atoms with Crippen LogP contribution in [0.3, 0.4) is 0 Å². The van der Waals surface area contributed by atoms with Crippen LogP contribution in [0, 0.1) is 0 Å². The number of nitrogens with zero attached hydrogens (tertiary/aromatic N) is 1. The number of carbonyl (C=O) groups is 2. The van der Waals surface area contributed by atoms with E-state index in [-0.39, 0.29) is 32.0 Å². The van der Waals surface area contributed by atoms with Crippen molar-refractivity contribution in [3.05, 3.63) is 134 Å². The number of hydrogen-bond donors (Lipinski definition) is 1. The summed E-state index contributed by atoms with van der Waals surface area (Å²) in [6.45, 7) is 4.24. The van der Waals surface area contributed by atoms with Gasteiger partial charge in [-0.25, -0.2) is 4.57 Å². The molecule has 0 bridgehead atoms. The molecule has 0 radical (unpaired) electrons. The molecule has 2 unspecified atom stereocenters. The highest BCUT2D eigenvalue weighted by Crippen LogP contribution is 2.43. The van der Waals surface area contributed by atoms with Crippen LogP contribution in [0.1, 0.15) is 232 Å². The first kappa shape index (κ1) is 74.2. The Hall–Kier alpha value is -3.85. The van der Waals surface area contributed by atoms with Crippen molar-refractivity contribution in [3.63, 3.8) is 0 Å². The molecule has 0 aliphatic heterocycles. The van der Waals surface area contributed by atoms with Crippen LogP contribution in [0.25, 0.3) is 0 Å². The molecule has 9 nitrogen and oxygen atoms in total. The predicted molar refractivity (Wildman–Crippen MR) is 334 cm³/mol. The number of phosphoric ester groups is 1. The second-order valence-corrected chi connectivity index (χ2v) is 22.8. The summed E-state index contributed by atoms with van der Waals surface area (Å²) in [5, 5.41) is 0. The molecule has 0 saturated heterocycles. The van der Waals surface area contributed by atoms with Gasteiger partial charge in [0.25, 0.3) is 0 Å². The van der Waals surface area contributed by atoms with Gasteiger partial charge in [-0.2, -0.15) is 0 Å². The Labute approximate surface area is 479 Å². The summed E-state index contributed by atoms with van der Waals surface area (Å²) in [7, 11) is 1.42. The molecular weight excluding hydrogens is 990 g/mol. The van der Waals surface area contributed by atoms with Crippen molar-refractivity contribution in [1.82, 2.24) is 0 Å². The molecule has 0 amide bonds. The van der Waals surface area contributed by atoms with E-state index in [1.165, 1.54) is 109 Å². The lowest BCUT2D eigenvalue weighted by atomic mass is 10.0. The molecule has 444 valence electrons. The van der Waals surface area contributed by atoms with E-state index in [2.05, 4.69) is 141 Å². The van der Waals surface area contributed by atoms with Crippen LogP contribution in [0.15, 0.2) is 134 Å². The van der Waals surface area contributed by atoms with Crippen molar-refractivity contribution in [2.45, 2.75) is 238 Å². The van der Waals surface area contributed by atoms with Crippen LogP contribution in [-0.4, -0.2) is 74.9 Å². The molecule has 0 aromatic heterocycles. The zero-order valence-electron chi connectivity index (χ0n) is 50.3. The van der Waals surface area contributed by atoms with Gasteiger partial charge in [0.15, 0.2) is 6.10 Å². The Bertz CT molecular complexity index is 1780. The molecule has 1 N–H and O–H groups in total. The first-order chi connectivity index (χ1) is 38.0. The van der Waals surface area contributed by atoms with Gasteiger partial charge in [0.1, 0.15) is 19.8 Å². The fourth-order valence-corrected chi connectivity index (χ4v) is 8.67. The average Bonchev–Trinajstić information content (AvgIpc) is 3.41. The lowest BCUT2D eigenvalue weighted by molar-refractivity contribution is -0.870. The Kier molecular flexibility index (Phi) is 55.0. The number of allylic oxidation sites excluding steroid dienone is 22. The fourth-order valence-electron chi connectivity index (χ4n) is 7.93. The number of esters is 2. The third-order valence-corrected chi connectivity index (χ3v) is 13.6. The summed E-state index contributed by atoms with van der Waals surface area (Å²) in [6, 6.07) is 0. The van der Waals surface area contributed by atoms with E-state index in [1.807, 2.05) is 27.2 Å². The number of unbranched alkanes of at least 4 members (excludes halogenated alkanes) is 19. The van der Waals surface area contributed by atoms with E-state index in [0.29, 0.717) is 23.9 Å². The van der Waals surface area contributed by atoms with Gasteiger partial charge >= 0.3 is 19.8 Å². The second-order valence-electron chi connectivity index (χ2n) is 21.4. The Balaban J connectivity index is 4.28. The van der Waals surface area contributed by atoms with Crippen molar-refractivity contribution >= 4 is 19.8 Å². The van der Waals surface area contributed by atoms with Crippen molar-refractivity contribution in [2.24, 2.45) is 0 Å². The molecule has 0 rings (SSSR count). The van der Waals surface area contributed by atoms with Gasteiger partial charge in [0, 0.05) is 12.8 Å². The molecule has 10 heteroatoms. The highest BCUT2D eigenvalue weighted by molar-refractivity contribution is 7.47. The van der Waals surface area contributed by atoms with Crippen LogP contribution in [-0.2, 0) is 32.7 Å². The van der Waals surface area contributed by atoms with Crippen molar-refractivity contribution in [3.8, 4) is 0 Å². The van der Waals surface area contributed by atoms with Crippen LogP contribution in [0.5, 0.6) is 0 Å². The summed E-state index contributed by atoms with van der Waals surface area (Å²) in [4.78, 5) is 35.7. The standard InChI is InChI=1S/C68H114NO8P/c1-6-8-10-12-14-16-18-20-22-24-26-28-30-32-33-34-35-37-39-41-43-45-47-49-51-53-55-57-59-61-68(71)77-66(65-76-78(72,73)75-63-62-69(3,4)5)64-74-67(70)60-58-56-54-52-50-48-46-44-42-40-38-36-31-29-27-25-23-21-19-17-15-13-11-9-7-2/h8,10,14,16,19-22,25-28,32-33,35,37,41,43,47,49,53,55,66H,6-7,9,11-13,15,17-18,23-24,29-31,34,36,38-40,42,44-46,48,50-52,54,56-65H2,1-5H3/p+1/b10-8-,16-14-,21-19-,22-20-,27-25-,28-26-,33-32-,37-35-,43-41-,49-47-,55-53-. The quantitative estimate of drug-likeness (QED) is 0.0211. The molecule has 78 heavy (non-hydrogen) atoms. The predicted octanol–water partition coefficient (Wildman–Crippen LogP) is 19.7. The molecule has 0 aliphatic rings. The highest BCUT2D eigenvalue weighted by Gasteiger charge is 2.27. The van der Waals surface area contributed by atoms with Gasteiger partial charge in [-0.3, -0.25) is 18.6 Å². The van der Waals surface area contributed by atoms with Gasteiger partial charge in [0.05, 0.1) is 27.7 Å². The van der Waals surface area contributed by atoms with E-state index < -0.39 is 26.5 Å². The monoisotopic (exact) mass is 1100 g/mol. The third-order valence-electron chi connectivity index (χ3n) is 12.7. The van der Waals surface area contributed by atoms with Crippen molar-refractivity contribution in [2.75, 3.05) is 47.5 Å². The maximum atomic E-state index is 12.8. The highest BCUT2D eigenvalue weighted by atomic mass is 31.2. The Morgan fingerprint density at radius 1 is 0.410 bits per heavy atom. The summed E-state index contributed by atoms with van der Waals surface area (Å²) >= 11 is 0. The van der Waals surface area contributed by atoms with E-state index >= 15 is 0 Å². The smallest absolute Gasteiger partial charge is 0.462 e. The summed E-state index contributed by atoms with van der Waals surface area (Å²) in [5.41, 5.74) is 0. The SMILES string of the molecule is CC/C=C\C/C=C\C/C=C\C/C=C\C/C=C\C/C=C\C/C=C\C/C=C\C/C=C\CCCC(=O)OC(COC(=O)CCCCCCCCCCCCCCC/C=C\C/C=C\CCCCCCC)COP(=O)(O)OCC[N+](C)(C)C. The fraction of sp³-hybridized carbons (Fsp3) is 0.647. The number of phosphoric acid groups is 1. The summed E-state index contributed by atoms with van der Waals surface area (Å²) in [5.74, 6) is -0.875. The Morgan fingerprint density at radius 3 is 1.13 bits per heavy atom. The van der Waals surface area contributed by atoms with E-state index in [1.54, 1.807) is 0 Å². The van der Waals surface area contributed by atoms with Crippen LogP contribution in [0.2, 0.25) is 0 Å². The number of quaternary nitrogens is 1.